The number of H-pyrrole nitrogens is 1. The van der Waals surface area contributed by atoms with Gasteiger partial charge in [0.1, 0.15) is 5.69 Å². The van der Waals surface area contributed by atoms with Crippen LogP contribution in [0.5, 0.6) is 0 Å². The SMILES string of the molecule is CCCCN(C)c1nc(C)cc(C(=O)NCCc2c[nH]c3ccccc23)n1. The number of para-hydroxylation sites is 1. The van der Waals surface area contributed by atoms with Gasteiger partial charge in [-0.05, 0) is 37.5 Å². The number of hydrogen-bond donors (Lipinski definition) is 2. The third-order valence-electron chi connectivity index (χ3n) is 4.62. The second kappa shape index (κ2) is 8.66. The van der Waals surface area contributed by atoms with Crippen LogP contribution >= 0.6 is 0 Å². The van der Waals surface area contributed by atoms with Crippen molar-refractivity contribution in [1.82, 2.24) is 20.3 Å². The Morgan fingerprint density at radius 1 is 1.26 bits per heavy atom. The first-order valence-electron chi connectivity index (χ1n) is 9.48. The lowest BCUT2D eigenvalue weighted by molar-refractivity contribution is 0.0949. The molecule has 0 aliphatic heterocycles. The first-order valence-corrected chi connectivity index (χ1v) is 9.48. The van der Waals surface area contributed by atoms with E-state index in [4.69, 9.17) is 0 Å². The summed E-state index contributed by atoms with van der Waals surface area (Å²) in [5, 5.41) is 4.18. The highest BCUT2D eigenvalue weighted by atomic mass is 16.1. The second-order valence-corrected chi connectivity index (χ2v) is 6.84. The van der Waals surface area contributed by atoms with E-state index in [2.05, 4.69) is 39.3 Å². The van der Waals surface area contributed by atoms with Gasteiger partial charge >= 0.3 is 0 Å². The Balaban J connectivity index is 1.63. The number of hydrogen-bond acceptors (Lipinski definition) is 4. The molecule has 0 atom stereocenters. The number of unbranched alkanes of at least 4 members (excludes halogenated alkanes) is 1. The monoisotopic (exact) mass is 365 g/mol. The molecular weight excluding hydrogens is 338 g/mol. The Bertz CT molecular complexity index is 918. The van der Waals surface area contributed by atoms with E-state index in [1.807, 2.05) is 37.2 Å². The molecule has 0 unspecified atom stereocenters. The van der Waals surface area contributed by atoms with Gasteiger partial charge in [0.2, 0.25) is 5.95 Å². The van der Waals surface area contributed by atoms with Crippen LogP contribution in [0.25, 0.3) is 10.9 Å². The quantitative estimate of drug-likeness (QED) is 0.641. The van der Waals surface area contributed by atoms with E-state index in [0.29, 0.717) is 18.2 Å². The van der Waals surface area contributed by atoms with Gasteiger partial charge in [-0.1, -0.05) is 31.5 Å². The van der Waals surface area contributed by atoms with Crippen LogP contribution in [0.3, 0.4) is 0 Å². The van der Waals surface area contributed by atoms with Crippen molar-refractivity contribution in [3.63, 3.8) is 0 Å². The molecule has 0 aliphatic carbocycles. The molecule has 2 heterocycles. The Labute approximate surface area is 160 Å². The average molecular weight is 365 g/mol. The molecule has 142 valence electrons. The minimum atomic E-state index is -0.162. The lowest BCUT2D eigenvalue weighted by Gasteiger charge is -2.17. The standard InChI is InChI=1S/C21H27N5O/c1-4-5-12-26(3)21-24-15(2)13-19(25-21)20(27)22-11-10-16-14-23-18-9-7-6-8-17(16)18/h6-9,13-14,23H,4-5,10-12H2,1-3H3,(H,22,27). The van der Waals surface area contributed by atoms with Crippen LogP contribution in [0.2, 0.25) is 0 Å². The van der Waals surface area contributed by atoms with Crippen molar-refractivity contribution in [2.75, 3.05) is 25.0 Å². The molecule has 27 heavy (non-hydrogen) atoms. The number of amides is 1. The Hall–Kier alpha value is -2.89. The average Bonchev–Trinajstić information content (AvgIpc) is 3.08. The number of aryl methyl sites for hydroxylation is 1. The maximum absolute atomic E-state index is 12.6. The number of rotatable bonds is 8. The van der Waals surface area contributed by atoms with E-state index in [0.717, 1.165) is 37.0 Å². The van der Waals surface area contributed by atoms with Gasteiger partial charge in [-0.3, -0.25) is 4.79 Å². The van der Waals surface area contributed by atoms with Crippen molar-refractivity contribution < 1.29 is 4.79 Å². The van der Waals surface area contributed by atoms with Gasteiger partial charge in [0.05, 0.1) is 0 Å². The molecule has 2 N–H and O–H groups in total. The van der Waals surface area contributed by atoms with E-state index in [1.165, 1.54) is 10.9 Å². The van der Waals surface area contributed by atoms with Crippen LogP contribution in [-0.2, 0) is 6.42 Å². The molecule has 0 aliphatic rings. The van der Waals surface area contributed by atoms with E-state index < -0.39 is 0 Å². The maximum Gasteiger partial charge on any atom is 0.270 e. The number of aromatic nitrogens is 3. The number of anilines is 1. The highest BCUT2D eigenvalue weighted by Gasteiger charge is 2.13. The molecule has 0 bridgehead atoms. The van der Waals surface area contributed by atoms with E-state index in [9.17, 15) is 4.79 Å². The predicted molar refractivity (Wildman–Crippen MR) is 109 cm³/mol. The Morgan fingerprint density at radius 2 is 2.07 bits per heavy atom. The number of aromatic amines is 1. The van der Waals surface area contributed by atoms with Crippen LogP contribution in [-0.4, -0.2) is 41.0 Å². The molecule has 0 radical (unpaired) electrons. The fraction of sp³-hybridized carbons (Fsp3) is 0.381. The number of carbonyl (C=O) groups excluding carboxylic acids is 1. The lowest BCUT2D eigenvalue weighted by Crippen LogP contribution is -2.28. The van der Waals surface area contributed by atoms with E-state index >= 15 is 0 Å². The topological polar surface area (TPSA) is 73.9 Å². The van der Waals surface area contributed by atoms with Gasteiger partial charge in [-0.15, -0.1) is 0 Å². The van der Waals surface area contributed by atoms with Crippen molar-refractivity contribution in [3.05, 3.63) is 53.5 Å². The molecule has 3 aromatic rings. The van der Waals surface area contributed by atoms with E-state index in [1.54, 1.807) is 6.07 Å². The lowest BCUT2D eigenvalue weighted by atomic mass is 10.1. The van der Waals surface area contributed by atoms with Crippen molar-refractivity contribution in [3.8, 4) is 0 Å². The third-order valence-corrected chi connectivity index (χ3v) is 4.62. The van der Waals surface area contributed by atoms with Crippen LogP contribution in [0, 0.1) is 6.92 Å². The highest BCUT2D eigenvalue weighted by Crippen LogP contribution is 2.17. The minimum absolute atomic E-state index is 0.162. The molecule has 0 saturated carbocycles. The van der Waals surface area contributed by atoms with Crippen LogP contribution in [0.4, 0.5) is 5.95 Å². The summed E-state index contributed by atoms with van der Waals surface area (Å²) in [4.78, 5) is 26.7. The molecule has 1 amide bonds. The summed E-state index contributed by atoms with van der Waals surface area (Å²) in [6.45, 7) is 5.48. The van der Waals surface area contributed by atoms with E-state index in [-0.39, 0.29) is 5.91 Å². The van der Waals surface area contributed by atoms with Crippen molar-refractivity contribution in [1.29, 1.82) is 0 Å². The summed E-state index contributed by atoms with van der Waals surface area (Å²) in [5.41, 5.74) is 3.53. The first-order chi connectivity index (χ1) is 13.1. The largest absolute Gasteiger partial charge is 0.361 e. The number of fused-ring (bicyclic) bond motifs is 1. The molecule has 2 aromatic heterocycles. The summed E-state index contributed by atoms with van der Waals surface area (Å²) in [6, 6.07) is 9.92. The van der Waals surface area contributed by atoms with Gasteiger partial charge in [-0.25, -0.2) is 9.97 Å². The smallest absolute Gasteiger partial charge is 0.270 e. The summed E-state index contributed by atoms with van der Waals surface area (Å²) < 4.78 is 0. The minimum Gasteiger partial charge on any atom is -0.361 e. The third kappa shape index (κ3) is 4.64. The summed E-state index contributed by atoms with van der Waals surface area (Å²) in [7, 11) is 1.96. The second-order valence-electron chi connectivity index (χ2n) is 6.84. The molecule has 0 spiro atoms. The molecule has 3 rings (SSSR count). The van der Waals surface area contributed by atoms with Crippen molar-refractivity contribution in [2.45, 2.75) is 33.1 Å². The summed E-state index contributed by atoms with van der Waals surface area (Å²) >= 11 is 0. The summed E-state index contributed by atoms with van der Waals surface area (Å²) in [6.07, 6.45) is 4.95. The Kier molecular flexibility index (Phi) is 6.06. The summed E-state index contributed by atoms with van der Waals surface area (Å²) in [5.74, 6) is 0.440. The number of nitrogens with zero attached hydrogens (tertiary/aromatic N) is 3. The number of carbonyl (C=O) groups is 1. The first kappa shape index (κ1) is 18.9. The highest BCUT2D eigenvalue weighted by molar-refractivity contribution is 5.92. The zero-order valence-corrected chi connectivity index (χ0v) is 16.2. The van der Waals surface area contributed by atoms with Gasteiger partial charge in [0.15, 0.2) is 0 Å². The van der Waals surface area contributed by atoms with Crippen LogP contribution < -0.4 is 10.2 Å². The molecule has 6 nitrogen and oxygen atoms in total. The van der Waals surface area contributed by atoms with Crippen molar-refractivity contribution in [2.24, 2.45) is 0 Å². The zero-order chi connectivity index (χ0) is 19.2. The normalized spacial score (nSPS) is 10.9. The van der Waals surface area contributed by atoms with Crippen molar-refractivity contribution >= 4 is 22.8 Å². The molecule has 0 fully saturated rings. The number of benzene rings is 1. The molecular formula is C21H27N5O. The van der Waals surface area contributed by atoms with Crippen LogP contribution in [0.1, 0.15) is 41.5 Å². The molecule has 0 saturated heterocycles. The van der Waals surface area contributed by atoms with Gasteiger partial charge in [0.25, 0.3) is 5.91 Å². The molecule has 6 heteroatoms. The zero-order valence-electron chi connectivity index (χ0n) is 16.2. The van der Waals surface area contributed by atoms with Crippen LogP contribution in [0.15, 0.2) is 36.5 Å². The van der Waals surface area contributed by atoms with Gasteiger partial charge in [-0.2, -0.15) is 0 Å². The van der Waals surface area contributed by atoms with Gasteiger partial charge < -0.3 is 15.2 Å². The molecule has 1 aromatic carbocycles. The predicted octanol–water partition coefficient (Wildman–Crippen LogP) is 3.48. The number of nitrogens with one attached hydrogen (secondary N) is 2. The maximum atomic E-state index is 12.6. The van der Waals surface area contributed by atoms with Gasteiger partial charge in [0, 0.05) is 42.9 Å². The Morgan fingerprint density at radius 3 is 2.89 bits per heavy atom. The fourth-order valence-electron chi connectivity index (χ4n) is 3.07. The fourth-order valence-corrected chi connectivity index (χ4v) is 3.07.